The number of carbonyl (C=O) groups is 1. The summed E-state index contributed by atoms with van der Waals surface area (Å²) < 4.78 is 25.9. The molecule has 0 spiro atoms. The fourth-order valence-electron chi connectivity index (χ4n) is 1.30. The molecule has 0 atom stereocenters. The standard InChI is InChI=1S/C12H16F2N2O/c1-3-4-7-16(2)12(17)15-11-6-5-9(13)8-10(11)14/h5-6,8H,3-4,7H2,1-2H3,(H,15,17). The van der Waals surface area contributed by atoms with E-state index in [9.17, 15) is 13.6 Å². The van der Waals surface area contributed by atoms with Gasteiger partial charge in [0.1, 0.15) is 11.6 Å². The maximum Gasteiger partial charge on any atom is 0.321 e. The van der Waals surface area contributed by atoms with E-state index in [0.29, 0.717) is 6.54 Å². The molecule has 0 unspecified atom stereocenters. The zero-order valence-electron chi connectivity index (χ0n) is 9.96. The molecule has 17 heavy (non-hydrogen) atoms. The first-order valence-electron chi connectivity index (χ1n) is 5.51. The molecule has 0 aliphatic heterocycles. The summed E-state index contributed by atoms with van der Waals surface area (Å²) in [5.41, 5.74) is -0.0141. The van der Waals surface area contributed by atoms with Gasteiger partial charge >= 0.3 is 6.03 Å². The minimum absolute atomic E-state index is 0.0141. The van der Waals surface area contributed by atoms with Crippen molar-refractivity contribution in [1.29, 1.82) is 0 Å². The van der Waals surface area contributed by atoms with Crippen LogP contribution in [-0.2, 0) is 0 Å². The van der Waals surface area contributed by atoms with E-state index >= 15 is 0 Å². The van der Waals surface area contributed by atoms with E-state index in [1.54, 1.807) is 7.05 Å². The lowest BCUT2D eigenvalue weighted by Gasteiger charge is -2.17. The van der Waals surface area contributed by atoms with E-state index < -0.39 is 17.7 Å². The molecule has 0 aliphatic carbocycles. The third-order valence-corrected chi connectivity index (χ3v) is 2.37. The van der Waals surface area contributed by atoms with Crippen molar-refractivity contribution in [3.8, 4) is 0 Å². The van der Waals surface area contributed by atoms with Crippen LogP contribution in [-0.4, -0.2) is 24.5 Å². The molecule has 2 amide bonds. The Kier molecular flexibility index (Phi) is 4.87. The van der Waals surface area contributed by atoms with Crippen molar-refractivity contribution < 1.29 is 13.6 Å². The number of amides is 2. The second-order valence-corrected chi connectivity index (χ2v) is 3.83. The van der Waals surface area contributed by atoms with Crippen molar-refractivity contribution in [1.82, 2.24) is 4.90 Å². The fourth-order valence-corrected chi connectivity index (χ4v) is 1.30. The molecule has 0 bridgehead atoms. The van der Waals surface area contributed by atoms with Crippen molar-refractivity contribution in [3.05, 3.63) is 29.8 Å². The van der Waals surface area contributed by atoms with Gasteiger partial charge in [0.15, 0.2) is 0 Å². The van der Waals surface area contributed by atoms with Crippen LogP contribution >= 0.6 is 0 Å². The number of halogens is 2. The quantitative estimate of drug-likeness (QED) is 0.863. The van der Waals surface area contributed by atoms with Gasteiger partial charge < -0.3 is 10.2 Å². The molecule has 1 aromatic rings. The van der Waals surface area contributed by atoms with E-state index in [1.807, 2.05) is 6.92 Å². The van der Waals surface area contributed by atoms with Gasteiger partial charge in [-0.1, -0.05) is 13.3 Å². The van der Waals surface area contributed by atoms with Crippen molar-refractivity contribution in [3.63, 3.8) is 0 Å². The summed E-state index contributed by atoms with van der Waals surface area (Å²) in [6.45, 7) is 2.62. The Morgan fingerprint density at radius 1 is 1.41 bits per heavy atom. The zero-order valence-corrected chi connectivity index (χ0v) is 9.96. The fraction of sp³-hybridized carbons (Fsp3) is 0.417. The normalized spacial score (nSPS) is 10.1. The van der Waals surface area contributed by atoms with Gasteiger partial charge in [-0.25, -0.2) is 13.6 Å². The molecule has 1 rings (SSSR count). The number of carbonyl (C=O) groups excluding carboxylic acids is 1. The largest absolute Gasteiger partial charge is 0.328 e. The first-order chi connectivity index (χ1) is 8.04. The summed E-state index contributed by atoms with van der Waals surface area (Å²) in [7, 11) is 1.63. The summed E-state index contributed by atoms with van der Waals surface area (Å²) in [5.74, 6) is -1.44. The Labute approximate surface area is 99.4 Å². The van der Waals surface area contributed by atoms with Gasteiger partial charge in [0.25, 0.3) is 0 Å². The van der Waals surface area contributed by atoms with E-state index in [1.165, 1.54) is 11.0 Å². The second-order valence-electron chi connectivity index (χ2n) is 3.83. The maximum absolute atomic E-state index is 13.3. The second kappa shape index (κ2) is 6.18. The monoisotopic (exact) mass is 242 g/mol. The summed E-state index contributed by atoms with van der Waals surface area (Å²) in [6, 6.07) is 2.65. The van der Waals surface area contributed by atoms with E-state index in [0.717, 1.165) is 25.0 Å². The van der Waals surface area contributed by atoms with Gasteiger partial charge in [-0.15, -0.1) is 0 Å². The lowest BCUT2D eigenvalue weighted by Crippen LogP contribution is -2.32. The molecule has 0 radical (unpaired) electrons. The molecule has 0 heterocycles. The van der Waals surface area contributed by atoms with Crippen LogP contribution in [0.25, 0.3) is 0 Å². The smallest absolute Gasteiger partial charge is 0.321 e. The van der Waals surface area contributed by atoms with Crippen molar-refractivity contribution in [2.75, 3.05) is 18.9 Å². The minimum Gasteiger partial charge on any atom is -0.328 e. The molecule has 1 N–H and O–H groups in total. The SMILES string of the molecule is CCCCN(C)C(=O)Nc1ccc(F)cc1F. The van der Waals surface area contributed by atoms with Crippen LogP contribution < -0.4 is 5.32 Å². The van der Waals surface area contributed by atoms with Crippen LogP contribution in [0.3, 0.4) is 0 Å². The highest BCUT2D eigenvalue weighted by molar-refractivity contribution is 5.89. The third-order valence-electron chi connectivity index (χ3n) is 2.37. The molecular formula is C12H16F2N2O. The highest BCUT2D eigenvalue weighted by atomic mass is 19.1. The van der Waals surface area contributed by atoms with Crippen LogP contribution in [0.5, 0.6) is 0 Å². The molecule has 0 aliphatic rings. The molecule has 3 nitrogen and oxygen atoms in total. The number of hydrogen-bond acceptors (Lipinski definition) is 1. The Hall–Kier alpha value is -1.65. The summed E-state index contributed by atoms with van der Waals surface area (Å²) in [4.78, 5) is 13.1. The summed E-state index contributed by atoms with van der Waals surface area (Å²) >= 11 is 0. The number of hydrogen-bond donors (Lipinski definition) is 1. The minimum atomic E-state index is -0.776. The third kappa shape index (κ3) is 4.01. The van der Waals surface area contributed by atoms with Crippen molar-refractivity contribution in [2.45, 2.75) is 19.8 Å². The van der Waals surface area contributed by atoms with Gasteiger partial charge in [0.05, 0.1) is 5.69 Å². The lowest BCUT2D eigenvalue weighted by molar-refractivity contribution is 0.221. The Morgan fingerprint density at radius 2 is 2.12 bits per heavy atom. The molecule has 0 saturated carbocycles. The van der Waals surface area contributed by atoms with Crippen molar-refractivity contribution >= 4 is 11.7 Å². The molecular weight excluding hydrogens is 226 g/mol. The average Bonchev–Trinajstić information content (AvgIpc) is 2.29. The topological polar surface area (TPSA) is 32.3 Å². The van der Waals surface area contributed by atoms with Crippen LogP contribution in [0.4, 0.5) is 19.3 Å². The van der Waals surface area contributed by atoms with Crippen molar-refractivity contribution in [2.24, 2.45) is 0 Å². The Morgan fingerprint density at radius 3 is 2.71 bits per heavy atom. The molecule has 0 aromatic heterocycles. The number of nitrogens with zero attached hydrogens (tertiary/aromatic N) is 1. The van der Waals surface area contributed by atoms with Crippen LogP contribution in [0.15, 0.2) is 18.2 Å². The van der Waals surface area contributed by atoms with E-state index in [-0.39, 0.29) is 5.69 Å². The highest BCUT2D eigenvalue weighted by Crippen LogP contribution is 2.15. The molecule has 94 valence electrons. The maximum atomic E-state index is 13.3. The van der Waals surface area contributed by atoms with E-state index in [2.05, 4.69) is 5.32 Å². The number of nitrogens with one attached hydrogen (secondary N) is 1. The number of urea groups is 1. The molecule has 1 aromatic carbocycles. The molecule has 5 heteroatoms. The Balaban J connectivity index is 2.61. The van der Waals surface area contributed by atoms with Crippen LogP contribution in [0.2, 0.25) is 0 Å². The summed E-state index contributed by atoms with van der Waals surface area (Å²) in [5, 5.41) is 2.39. The van der Waals surface area contributed by atoms with Gasteiger partial charge in [0, 0.05) is 19.7 Å². The highest BCUT2D eigenvalue weighted by Gasteiger charge is 2.11. The predicted octanol–water partition coefficient (Wildman–Crippen LogP) is 3.23. The first-order valence-corrected chi connectivity index (χ1v) is 5.51. The van der Waals surface area contributed by atoms with Crippen LogP contribution in [0, 0.1) is 11.6 Å². The number of benzene rings is 1. The number of anilines is 1. The lowest BCUT2D eigenvalue weighted by atomic mass is 10.3. The van der Waals surface area contributed by atoms with Gasteiger partial charge in [-0.05, 0) is 18.6 Å². The van der Waals surface area contributed by atoms with Gasteiger partial charge in [-0.2, -0.15) is 0 Å². The molecule has 0 fully saturated rings. The van der Waals surface area contributed by atoms with Gasteiger partial charge in [-0.3, -0.25) is 0 Å². The molecule has 0 saturated heterocycles. The average molecular weight is 242 g/mol. The zero-order chi connectivity index (χ0) is 12.8. The summed E-state index contributed by atoms with van der Waals surface area (Å²) in [6.07, 6.45) is 1.86. The van der Waals surface area contributed by atoms with Gasteiger partial charge in [0.2, 0.25) is 0 Å². The van der Waals surface area contributed by atoms with Crippen LogP contribution in [0.1, 0.15) is 19.8 Å². The predicted molar refractivity (Wildman–Crippen MR) is 62.9 cm³/mol. The number of unbranched alkanes of at least 4 members (excludes halogenated alkanes) is 1. The first kappa shape index (κ1) is 13.4. The number of rotatable bonds is 4. The Bertz CT molecular complexity index is 396. The van der Waals surface area contributed by atoms with E-state index in [4.69, 9.17) is 0 Å².